The van der Waals surface area contributed by atoms with Gasteiger partial charge in [0.2, 0.25) is 0 Å². The van der Waals surface area contributed by atoms with Gasteiger partial charge >= 0.3 is 0 Å². The van der Waals surface area contributed by atoms with Gasteiger partial charge < -0.3 is 20.1 Å². The van der Waals surface area contributed by atoms with Gasteiger partial charge in [-0.3, -0.25) is 4.99 Å². The van der Waals surface area contributed by atoms with Crippen LogP contribution in [-0.4, -0.2) is 39.9 Å². The lowest BCUT2D eigenvalue weighted by Gasteiger charge is -2.16. The maximum Gasteiger partial charge on any atom is 0.191 e. The Kier molecular flexibility index (Phi) is 9.78. The third kappa shape index (κ3) is 6.68. The Labute approximate surface area is 161 Å². The molecule has 0 fully saturated rings. The maximum atomic E-state index is 5.43. The zero-order valence-electron chi connectivity index (χ0n) is 14.7. The number of nitrogens with zero attached hydrogens (tertiary/aromatic N) is 1. The SMILES string of the molecule is CN=C(NCCC1=CCOCC1)NCc1ccc(C)cc1OC.I. The summed E-state index contributed by atoms with van der Waals surface area (Å²) in [5.41, 5.74) is 3.77. The minimum absolute atomic E-state index is 0. The average Bonchev–Trinajstić information content (AvgIpc) is 2.59. The number of aliphatic imine (C=N–C) groups is 1. The summed E-state index contributed by atoms with van der Waals surface area (Å²) in [6.45, 7) is 5.20. The molecule has 0 bridgehead atoms. The van der Waals surface area contributed by atoms with Gasteiger partial charge in [-0.2, -0.15) is 0 Å². The van der Waals surface area contributed by atoms with E-state index in [1.54, 1.807) is 14.2 Å². The standard InChI is InChI=1S/C18H27N3O2.HI/c1-14-4-5-16(17(12-14)22-3)13-21-18(19-2)20-9-6-15-7-10-23-11-8-15;/h4-5,7,12H,6,8-11,13H2,1-3H3,(H2,19,20,21);1H. The highest BCUT2D eigenvalue weighted by Crippen LogP contribution is 2.19. The van der Waals surface area contributed by atoms with E-state index in [9.17, 15) is 0 Å². The smallest absolute Gasteiger partial charge is 0.191 e. The number of nitrogens with one attached hydrogen (secondary N) is 2. The van der Waals surface area contributed by atoms with E-state index in [-0.39, 0.29) is 24.0 Å². The summed E-state index contributed by atoms with van der Waals surface area (Å²) in [6.07, 6.45) is 4.24. The van der Waals surface area contributed by atoms with Crippen molar-refractivity contribution in [3.05, 3.63) is 41.0 Å². The molecule has 0 aliphatic carbocycles. The van der Waals surface area contributed by atoms with Crippen LogP contribution in [0.5, 0.6) is 5.75 Å². The van der Waals surface area contributed by atoms with Crippen molar-refractivity contribution in [2.24, 2.45) is 4.99 Å². The van der Waals surface area contributed by atoms with Gasteiger partial charge in [-0.1, -0.05) is 23.8 Å². The summed E-state index contributed by atoms with van der Waals surface area (Å²) in [5, 5.41) is 6.68. The van der Waals surface area contributed by atoms with Crippen LogP contribution in [0, 0.1) is 6.92 Å². The molecule has 0 radical (unpaired) electrons. The summed E-state index contributed by atoms with van der Waals surface area (Å²) in [5.74, 6) is 1.71. The quantitative estimate of drug-likeness (QED) is 0.306. The normalized spacial score (nSPS) is 14.5. The monoisotopic (exact) mass is 445 g/mol. The highest BCUT2D eigenvalue weighted by molar-refractivity contribution is 14.0. The summed E-state index contributed by atoms with van der Waals surface area (Å²) in [7, 11) is 3.49. The minimum Gasteiger partial charge on any atom is -0.496 e. The molecule has 134 valence electrons. The summed E-state index contributed by atoms with van der Waals surface area (Å²) in [4.78, 5) is 4.27. The van der Waals surface area contributed by atoms with E-state index in [2.05, 4.69) is 40.8 Å². The summed E-state index contributed by atoms with van der Waals surface area (Å²) in [6, 6.07) is 6.22. The molecule has 0 saturated heterocycles. The van der Waals surface area contributed by atoms with Crippen molar-refractivity contribution >= 4 is 29.9 Å². The van der Waals surface area contributed by atoms with Crippen LogP contribution in [-0.2, 0) is 11.3 Å². The molecule has 0 saturated carbocycles. The first-order valence-electron chi connectivity index (χ1n) is 8.06. The molecule has 0 unspecified atom stereocenters. The number of halogens is 1. The molecule has 1 aliphatic rings. The topological polar surface area (TPSA) is 54.9 Å². The molecule has 1 heterocycles. The van der Waals surface area contributed by atoms with Gasteiger partial charge in [-0.25, -0.2) is 0 Å². The van der Waals surface area contributed by atoms with E-state index in [4.69, 9.17) is 9.47 Å². The van der Waals surface area contributed by atoms with E-state index in [1.165, 1.54) is 11.1 Å². The van der Waals surface area contributed by atoms with E-state index < -0.39 is 0 Å². The van der Waals surface area contributed by atoms with E-state index in [0.29, 0.717) is 6.54 Å². The third-order valence-electron chi connectivity index (χ3n) is 3.91. The first-order chi connectivity index (χ1) is 11.2. The second kappa shape index (κ2) is 11.3. The zero-order valence-corrected chi connectivity index (χ0v) is 17.1. The van der Waals surface area contributed by atoms with Crippen molar-refractivity contribution < 1.29 is 9.47 Å². The van der Waals surface area contributed by atoms with Gasteiger partial charge in [0.1, 0.15) is 5.75 Å². The molecule has 24 heavy (non-hydrogen) atoms. The van der Waals surface area contributed by atoms with Gasteiger partial charge in [-0.05, 0) is 31.4 Å². The predicted molar refractivity (Wildman–Crippen MR) is 109 cm³/mol. The third-order valence-corrected chi connectivity index (χ3v) is 3.91. The Morgan fingerprint density at radius 3 is 2.83 bits per heavy atom. The van der Waals surface area contributed by atoms with Crippen molar-refractivity contribution in [1.29, 1.82) is 0 Å². The Bertz CT molecular complexity index is 573. The Hall–Kier alpha value is -1.28. The molecule has 0 aromatic heterocycles. The van der Waals surface area contributed by atoms with Crippen molar-refractivity contribution in [3.8, 4) is 5.75 Å². The number of aryl methyl sites for hydroxylation is 1. The Morgan fingerprint density at radius 1 is 1.33 bits per heavy atom. The van der Waals surface area contributed by atoms with Gasteiger partial charge in [0.05, 0.1) is 20.3 Å². The number of ether oxygens (including phenoxy) is 2. The number of benzene rings is 1. The van der Waals surface area contributed by atoms with Crippen molar-refractivity contribution in [2.45, 2.75) is 26.3 Å². The lowest BCUT2D eigenvalue weighted by molar-refractivity contribution is 0.153. The van der Waals surface area contributed by atoms with Crippen molar-refractivity contribution in [2.75, 3.05) is 33.9 Å². The van der Waals surface area contributed by atoms with Crippen LogP contribution >= 0.6 is 24.0 Å². The lowest BCUT2D eigenvalue weighted by atomic mass is 10.1. The average molecular weight is 445 g/mol. The summed E-state index contributed by atoms with van der Waals surface area (Å²) < 4.78 is 10.8. The Morgan fingerprint density at radius 2 is 2.17 bits per heavy atom. The minimum atomic E-state index is 0. The van der Waals surface area contributed by atoms with Gasteiger partial charge in [0, 0.05) is 25.7 Å². The molecule has 5 nitrogen and oxygen atoms in total. The zero-order chi connectivity index (χ0) is 16.5. The molecule has 1 aromatic rings. The molecule has 2 N–H and O–H groups in total. The molecule has 1 aliphatic heterocycles. The van der Waals surface area contributed by atoms with E-state index in [0.717, 1.165) is 49.9 Å². The predicted octanol–water partition coefficient (Wildman–Crippen LogP) is 3.02. The van der Waals surface area contributed by atoms with Crippen LogP contribution in [0.3, 0.4) is 0 Å². The van der Waals surface area contributed by atoms with Crippen LogP contribution in [0.2, 0.25) is 0 Å². The lowest BCUT2D eigenvalue weighted by Crippen LogP contribution is -2.37. The number of hydrogen-bond donors (Lipinski definition) is 2. The molecule has 6 heteroatoms. The van der Waals surface area contributed by atoms with E-state index in [1.807, 2.05) is 6.07 Å². The van der Waals surface area contributed by atoms with Crippen LogP contribution in [0.25, 0.3) is 0 Å². The molecule has 2 rings (SSSR count). The first-order valence-corrected chi connectivity index (χ1v) is 8.06. The fraction of sp³-hybridized carbons (Fsp3) is 0.500. The number of rotatable bonds is 6. The molecular formula is C18H28IN3O2. The molecule has 0 spiro atoms. The van der Waals surface area contributed by atoms with Crippen LogP contribution in [0.1, 0.15) is 24.0 Å². The number of hydrogen-bond acceptors (Lipinski definition) is 3. The van der Waals surface area contributed by atoms with Crippen molar-refractivity contribution in [1.82, 2.24) is 10.6 Å². The number of methoxy groups -OCH3 is 1. The van der Waals surface area contributed by atoms with Crippen LogP contribution < -0.4 is 15.4 Å². The van der Waals surface area contributed by atoms with Gasteiger partial charge in [0.15, 0.2) is 5.96 Å². The Balaban J connectivity index is 0.00000288. The van der Waals surface area contributed by atoms with E-state index >= 15 is 0 Å². The molecular weight excluding hydrogens is 417 g/mol. The molecule has 0 amide bonds. The molecule has 0 atom stereocenters. The largest absolute Gasteiger partial charge is 0.496 e. The second-order valence-electron chi connectivity index (χ2n) is 5.61. The number of guanidine groups is 1. The highest BCUT2D eigenvalue weighted by Gasteiger charge is 2.06. The van der Waals surface area contributed by atoms with Crippen LogP contribution in [0.15, 0.2) is 34.8 Å². The highest BCUT2D eigenvalue weighted by atomic mass is 127. The summed E-state index contributed by atoms with van der Waals surface area (Å²) >= 11 is 0. The fourth-order valence-electron chi connectivity index (χ4n) is 2.53. The second-order valence-corrected chi connectivity index (χ2v) is 5.61. The van der Waals surface area contributed by atoms with Crippen LogP contribution in [0.4, 0.5) is 0 Å². The maximum absolute atomic E-state index is 5.43. The van der Waals surface area contributed by atoms with Crippen molar-refractivity contribution in [3.63, 3.8) is 0 Å². The van der Waals surface area contributed by atoms with Gasteiger partial charge in [0.25, 0.3) is 0 Å². The molecule has 1 aromatic carbocycles. The van der Waals surface area contributed by atoms with Gasteiger partial charge in [-0.15, -0.1) is 24.0 Å². The fourth-order valence-corrected chi connectivity index (χ4v) is 2.53. The first kappa shape index (κ1) is 20.8.